The monoisotopic (exact) mass is 526 g/mol. The standard InChI is InChI=1S/C24H24F2N8O2S/c1-37(35)22-13-20(16(25)11-17(22)26)32-7-4-31(5-8-32)6-9-33-23-15(14-28-33)19-12-18(21-3-2-10-36-21)30-34(19)24(27)29-23/h2-3,10-14H,4-9H2,1H3,(H2,27,29)/t37-/m1/s1. The molecule has 0 saturated carbocycles. The third kappa shape index (κ3) is 4.28. The molecular formula is C24H24F2N8O2S. The van der Waals surface area contributed by atoms with Crippen molar-refractivity contribution >= 4 is 39.4 Å². The smallest absolute Gasteiger partial charge is 0.223 e. The van der Waals surface area contributed by atoms with Crippen LogP contribution < -0.4 is 10.6 Å². The summed E-state index contributed by atoms with van der Waals surface area (Å²) in [6, 6.07) is 7.71. The molecule has 0 unspecified atom stereocenters. The van der Waals surface area contributed by atoms with Crippen LogP contribution in [-0.4, -0.2) is 72.8 Å². The first-order valence-corrected chi connectivity index (χ1v) is 13.3. The first-order chi connectivity index (χ1) is 17.9. The molecule has 1 aliphatic heterocycles. The second-order valence-corrected chi connectivity index (χ2v) is 10.2. The number of hydrogen-bond acceptors (Lipinski definition) is 8. The maximum atomic E-state index is 14.4. The number of nitrogen functional groups attached to an aromatic ring is 1. The number of hydrogen-bond donors (Lipinski definition) is 1. The molecule has 5 aromatic rings. The summed E-state index contributed by atoms with van der Waals surface area (Å²) in [6.07, 6.45) is 4.74. The molecule has 4 aromatic heterocycles. The second kappa shape index (κ2) is 9.32. The van der Waals surface area contributed by atoms with Gasteiger partial charge in [0.1, 0.15) is 17.8 Å². The molecule has 2 N–H and O–H groups in total. The van der Waals surface area contributed by atoms with Crippen molar-refractivity contribution in [2.45, 2.75) is 11.4 Å². The minimum atomic E-state index is -1.53. The molecule has 0 bridgehead atoms. The van der Waals surface area contributed by atoms with Crippen LogP contribution in [0.25, 0.3) is 28.0 Å². The van der Waals surface area contributed by atoms with Crippen LogP contribution in [0, 0.1) is 11.6 Å². The second-order valence-electron chi connectivity index (χ2n) is 8.90. The van der Waals surface area contributed by atoms with Gasteiger partial charge in [0.25, 0.3) is 0 Å². The van der Waals surface area contributed by atoms with Crippen molar-refractivity contribution in [1.29, 1.82) is 0 Å². The van der Waals surface area contributed by atoms with Crippen LogP contribution in [0.15, 0.2) is 52.1 Å². The van der Waals surface area contributed by atoms with Gasteiger partial charge in [0, 0.05) is 44.9 Å². The number of nitrogens with two attached hydrogens (primary N) is 1. The Labute approximate surface area is 213 Å². The molecular weight excluding hydrogens is 502 g/mol. The maximum Gasteiger partial charge on any atom is 0.223 e. The lowest BCUT2D eigenvalue weighted by Gasteiger charge is -2.36. The van der Waals surface area contributed by atoms with Gasteiger partial charge in [0.15, 0.2) is 22.1 Å². The Balaban J connectivity index is 1.15. The first kappa shape index (κ1) is 23.7. The third-order valence-electron chi connectivity index (χ3n) is 6.66. The number of fused-ring (bicyclic) bond motifs is 3. The molecule has 1 aromatic carbocycles. The van der Waals surface area contributed by atoms with E-state index < -0.39 is 22.8 Å². The minimum Gasteiger partial charge on any atom is -0.612 e. The zero-order valence-electron chi connectivity index (χ0n) is 20.0. The Hall–Kier alpha value is -3.68. The predicted molar refractivity (Wildman–Crippen MR) is 136 cm³/mol. The summed E-state index contributed by atoms with van der Waals surface area (Å²) in [5.41, 5.74) is 8.61. The SMILES string of the molecule is C[S@@+]([O-])c1cc(N2CCN(CCn3ncc4c3nc(N)n3nc(-c5ccco5)cc43)CC2)c(F)cc1F. The van der Waals surface area contributed by atoms with Crippen molar-refractivity contribution in [2.75, 3.05) is 49.6 Å². The number of rotatable bonds is 6. The molecule has 0 spiro atoms. The van der Waals surface area contributed by atoms with Gasteiger partial charge in [0.2, 0.25) is 5.95 Å². The Morgan fingerprint density at radius 1 is 1.11 bits per heavy atom. The highest BCUT2D eigenvalue weighted by Crippen LogP contribution is 2.28. The van der Waals surface area contributed by atoms with E-state index in [4.69, 9.17) is 10.2 Å². The highest BCUT2D eigenvalue weighted by molar-refractivity contribution is 7.90. The summed E-state index contributed by atoms with van der Waals surface area (Å²) < 4.78 is 49.0. The van der Waals surface area contributed by atoms with Crippen molar-refractivity contribution in [3.63, 3.8) is 0 Å². The van der Waals surface area contributed by atoms with Gasteiger partial charge in [-0.1, -0.05) is 0 Å². The van der Waals surface area contributed by atoms with Gasteiger partial charge in [-0.15, -0.1) is 0 Å². The summed E-state index contributed by atoms with van der Waals surface area (Å²) in [6.45, 7) is 3.81. The predicted octanol–water partition coefficient (Wildman–Crippen LogP) is 2.76. The lowest BCUT2D eigenvalue weighted by molar-refractivity contribution is 0.245. The van der Waals surface area contributed by atoms with Crippen LogP contribution in [0.4, 0.5) is 20.4 Å². The zero-order chi connectivity index (χ0) is 25.7. The summed E-state index contributed by atoms with van der Waals surface area (Å²) in [5.74, 6) is -0.535. The van der Waals surface area contributed by atoms with Crippen molar-refractivity contribution < 1.29 is 17.8 Å². The number of nitrogens with zero attached hydrogens (tertiary/aromatic N) is 7. The Morgan fingerprint density at radius 3 is 2.65 bits per heavy atom. The van der Waals surface area contributed by atoms with Crippen LogP contribution in [0.5, 0.6) is 0 Å². The molecule has 37 heavy (non-hydrogen) atoms. The molecule has 10 nitrogen and oxygen atoms in total. The normalized spacial score (nSPS) is 15.7. The van der Waals surface area contributed by atoms with E-state index in [1.807, 2.05) is 21.7 Å². The average Bonchev–Trinajstić information content (AvgIpc) is 3.63. The fraction of sp³-hybridized carbons (Fsp3) is 0.292. The molecule has 13 heteroatoms. The molecule has 6 rings (SSSR count). The van der Waals surface area contributed by atoms with E-state index in [1.54, 1.807) is 23.0 Å². The van der Waals surface area contributed by atoms with Crippen LogP contribution in [0.1, 0.15) is 0 Å². The molecule has 1 atom stereocenters. The molecule has 1 aliphatic rings. The molecule has 0 aliphatic carbocycles. The van der Waals surface area contributed by atoms with Gasteiger partial charge in [-0.3, -0.25) is 4.90 Å². The van der Waals surface area contributed by atoms with Crippen LogP contribution in [0.2, 0.25) is 0 Å². The number of furan rings is 1. The van der Waals surface area contributed by atoms with E-state index in [0.29, 0.717) is 56.4 Å². The molecule has 0 amide bonds. The maximum absolute atomic E-state index is 14.4. The number of aromatic nitrogens is 5. The summed E-state index contributed by atoms with van der Waals surface area (Å²) in [4.78, 5) is 8.66. The number of anilines is 2. The van der Waals surface area contributed by atoms with Gasteiger partial charge in [-0.05, 0) is 29.4 Å². The Bertz CT molecular complexity index is 1580. The van der Waals surface area contributed by atoms with Crippen molar-refractivity contribution in [1.82, 2.24) is 29.3 Å². The lowest BCUT2D eigenvalue weighted by atomic mass is 10.2. The molecule has 0 radical (unpaired) electrons. The van der Waals surface area contributed by atoms with E-state index in [2.05, 4.69) is 20.1 Å². The largest absolute Gasteiger partial charge is 0.612 e. The van der Waals surface area contributed by atoms with E-state index in [-0.39, 0.29) is 16.5 Å². The molecule has 1 fully saturated rings. The average molecular weight is 527 g/mol. The van der Waals surface area contributed by atoms with E-state index in [0.717, 1.165) is 17.0 Å². The zero-order valence-corrected chi connectivity index (χ0v) is 20.8. The van der Waals surface area contributed by atoms with E-state index >= 15 is 0 Å². The first-order valence-electron chi connectivity index (χ1n) is 11.7. The fourth-order valence-corrected chi connectivity index (χ4v) is 5.33. The van der Waals surface area contributed by atoms with Gasteiger partial charge >= 0.3 is 0 Å². The topological polar surface area (TPSA) is 117 Å². The minimum absolute atomic E-state index is 0.0136. The Morgan fingerprint density at radius 2 is 1.92 bits per heavy atom. The summed E-state index contributed by atoms with van der Waals surface area (Å²) in [7, 11) is 0. The van der Waals surface area contributed by atoms with Gasteiger partial charge < -0.3 is 19.6 Å². The van der Waals surface area contributed by atoms with E-state index in [9.17, 15) is 13.3 Å². The number of halogens is 2. The van der Waals surface area contributed by atoms with Crippen LogP contribution in [-0.2, 0) is 17.7 Å². The molecule has 5 heterocycles. The van der Waals surface area contributed by atoms with Crippen molar-refractivity contribution in [3.8, 4) is 11.5 Å². The van der Waals surface area contributed by atoms with E-state index in [1.165, 1.54) is 12.3 Å². The van der Waals surface area contributed by atoms with Crippen LogP contribution in [0.3, 0.4) is 0 Å². The third-order valence-corrected chi connectivity index (χ3v) is 7.59. The lowest BCUT2D eigenvalue weighted by Crippen LogP contribution is -2.47. The van der Waals surface area contributed by atoms with Gasteiger partial charge in [-0.2, -0.15) is 19.7 Å². The number of benzene rings is 1. The summed E-state index contributed by atoms with van der Waals surface area (Å²) >= 11 is -1.53. The Kier molecular flexibility index (Phi) is 5.97. The summed E-state index contributed by atoms with van der Waals surface area (Å²) in [5, 5.41) is 9.88. The quantitative estimate of drug-likeness (QED) is 0.336. The highest BCUT2D eigenvalue weighted by Gasteiger charge is 2.24. The van der Waals surface area contributed by atoms with Crippen molar-refractivity contribution in [2.24, 2.45) is 0 Å². The number of piperazine rings is 1. The molecule has 1 saturated heterocycles. The molecule has 192 valence electrons. The van der Waals surface area contributed by atoms with Gasteiger partial charge in [0.05, 0.1) is 35.6 Å². The highest BCUT2D eigenvalue weighted by atomic mass is 32.2. The van der Waals surface area contributed by atoms with Crippen LogP contribution >= 0.6 is 0 Å². The van der Waals surface area contributed by atoms with Crippen molar-refractivity contribution in [3.05, 3.63) is 54.4 Å². The fourth-order valence-electron chi connectivity index (χ4n) is 4.72. The van der Waals surface area contributed by atoms with Gasteiger partial charge in [-0.25, -0.2) is 13.5 Å².